The fraction of sp³-hybridized carbons (Fsp3) is 0.292. The maximum absolute atomic E-state index is 13.4. The zero-order valence-electron chi connectivity index (χ0n) is 19.0. The molecule has 1 amide bonds. The lowest BCUT2D eigenvalue weighted by Gasteiger charge is -2.27. The van der Waals surface area contributed by atoms with Crippen molar-refractivity contribution in [3.63, 3.8) is 0 Å². The topological polar surface area (TPSA) is 120 Å². The number of carbonyl (C=O) groups excluding carboxylic acids is 1. The third kappa shape index (κ3) is 6.15. The molecule has 3 N–H and O–H groups in total. The van der Waals surface area contributed by atoms with Gasteiger partial charge in [0.25, 0.3) is 11.5 Å². The van der Waals surface area contributed by atoms with Gasteiger partial charge in [0, 0.05) is 24.7 Å². The van der Waals surface area contributed by atoms with Gasteiger partial charge in [0.1, 0.15) is 11.6 Å². The van der Waals surface area contributed by atoms with Crippen molar-refractivity contribution < 1.29 is 14.3 Å². The Labute approximate surface area is 205 Å². The molecule has 0 fully saturated rings. The van der Waals surface area contributed by atoms with Crippen LogP contribution < -0.4 is 26.6 Å². The van der Waals surface area contributed by atoms with Crippen LogP contribution in [-0.4, -0.2) is 41.8 Å². The lowest BCUT2D eigenvalue weighted by molar-refractivity contribution is -0.124. The van der Waals surface area contributed by atoms with Crippen LogP contribution in [0, 0.1) is 0 Å². The van der Waals surface area contributed by atoms with E-state index in [0.717, 1.165) is 10.0 Å². The van der Waals surface area contributed by atoms with E-state index in [9.17, 15) is 14.4 Å². The Balaban J connectivity index is 1.97. The second-order valence-corrected chi connectivity index (χ2v) is 8.53. The fourth-order valence-electron chi connectivity index (χ4n) is 3.45. The number of aromatic nitrogens is 2. The van der Waals surface area contributed by atoms with Crippen molar-refractivity contribution in [1.82, 2.24) is 9.55 Å². The van der Waals surface area contributed by atoms with Crippen LogP contribution in [0.5, 0.6) is 5.75 Å². The molecule has 1 heterocycles. The molecule has 0 unspecified atom stereocenters. The molecule has 0 aliphatic rings. The lowest BCUT2D eigenvalue weighted by atomic mass is 10.2. The number of hydrogen-bond acceptors (Lipinski definition) is 6. The molecule has 0 saturated carbocycles. The number of methoxy groups -OCH3 is 1. The number of ether oxygens (including phenoxy) is 2. The minimum Gasteiger partial charge on any atom is -0.481 e. The molecule has 0 saturated heterocycles. The molecule has 3 rings (SSSR count). The molecular formula is C24H27BrN4O5. The van der Waals surface area contributed by atoms with Gasteiger partial charge in [0.2, 0.25) is 0 Å². The maximum atomic E-state index is 13.4. The fourth-order valence-corrected chi connectivity index (χ4v) is 3.71. The first-order chi connectivity index (χ1) is 16.3. The molecule has 0 aliphatic carbocycles. The van der Waals surface area contributed by atoms with Crippen LogP contribution in [-0.2, 0) is 16.1 Å². The van der Waals surface area contributed by atoms with E-state index in [1.807, 2.05) is 30.3 Å². The highest BCUT2D eigenvalue weighted by molar-refractivity contribution is 9.10. The van der Waals surface area contributed by atoms with Gasteiger partial charge < -0.3 is 20.1 Å². The average molecular weight is 531 g/mol. The summed E-state index contributed by atoms with van der Waals surface area (Å²) in [6, 6.07) is 16.3. The zero-order valence-corrected chi connectivity index (χ0v) is 20.6. The van der Waals surface area contributed by atoms with Crippen LogP contribution >= 0.6 is 15.9 Å². The first-order valence-electron chi connectivity index (χ1n) is 10.7. The van der Waals surface area contributed by atoms with E-state index in [-0.39, 0.29) is 24.6 Å². The van der Waals surface area contributed by atoms with Crippen molar-refractivity contribution in [3.8, 4) is 5.75 Å². The number of nitrogens with one attached hydrogen (secondary N) is 1. The Kier molecular flexibility index (Phi) is 8.67. The Hall–Kier alpha value is -3.37. The van der Waals surface area contributed by atoms with E-state index >= 15 is 0 Å². The zero-order chi connectivity index (χ0) is 24.7. The van der Waals surface area contributed by atoms with Crippen LogP contribution in [0.1, 0.15) is 18.9 Å². The van der Waals surface area contributed by atoms with Gasteiger partial charge >= 0.3 is 5.69 Å². The summed E-state index contributed by atoms with van der Waals surface area (Å²) in [5, 5.41) is 0. The molecule has 34 heavy (non-hydrogen) atoms. The van der Waals surface area contributed by atoms with Crippen molar-refractivity contribution in [2.24, 2.45) is 0 Å². The molecule has 0 bridgehead atoms. The summed E-state index contributed by atoms with van der Waals surface area (Å²) in [7, 11) is 1.55. The Morgan fingerprint density at radius 3 is 2.47 bits per heavy atom. The summed E-state index contributed by atoms with van der Waals surface area (Å²) < 4.78 is 13.0. The van der Waals surface area contributed by atoms with E-state index in [0.29, 0.717) is 18.8 Å². The van der Waals surface area contributed by atoms with Crippen LogP contribution in [0.25, 0.3) is 0 Å². The normalized spacial score (nSPS) is 11.7. The van der Waals surface area contributed by atoms with Crippen molar-refractivity contribution >= 4 is 33.3 Å². The predicted octanol–water partition coefficient (Wildman–Crippen LogP) is 2.77. The Bertz CT molecular complexity index is 1220. The van der Waals surface area contributed by atoms with Crippen LogP contribution in [0.2, 0.25) is 0 Å². The smallest absolute Gasteiger partial charge is 0.330 e. The third-order valence-corrected chi connectivity index (χ3v) is 5.67. The largest absolute Gasteiger partial charge is 0.481 e. The number of halogens is 1. The monoisotopic (exact) mass is 530 g/mol. The molecule has 9 nitrogen and oxygen atoms in total. The predicted molar refractivity (Wildman–Crippen MR) is 134 cm³/mol. The quantitative estimate of drug-likeness (QED) is 0.389. The summed E-state index contributed by atoms with van der Waals surface area (Å²) in [6.07, 6.45) is -0.471. The summed E-state index contributed by atoms with van der Waals surface area (Å²) in [4.78, 5) is 42.4. The third-order valence-electron chi connectivity index (χ3n) is 5.14. The number of amides is 1. The number of aromatic amines is 1. The number of hydrogen-bond donors (Lipinski definition) is 2. The number of nitrogens with two attached hydrogens (primary N) is 1. The number of benzene rings is 2. The Morgan fingerprint density at radius 1 is 1.15 bits per heavy atom. The summed E-state index contributed by atoms with van der Waals surface area (Å²) in [6.45, 7) is 2.25. The van der Waals surface area contributed by atoms with Crippen LogP contribution in [0.15, 0.2) is 68.7 Å². The summed E-state index contributed by atoms with van der Waals surface area (Å²) in [5.41, 5.74) is 5.64. The average Bonchev–Trinajstić information content (AvgIpc) is 2.82. The standard InChI is InChI=1S/C24H27BrN4O5/c1-16(34-19-11-9-18(25)10-12-19)23(31)28(13-6-14-33-2)20-21(26)29(24(32)27-22(20)30)15-17-7-4-3-5-8-17/h3-5,7-12,16H,6,13-15,26H2,1-2H3,(H,27,30,32)/t16-/m1/s1. The Morgan fingerprint density at radius 2 is 1.82 bits per heavy atom. The van der Waals surface area contributed by atoms with Crippen molar-refractivity contribution in [3.05, 3.63) is 85.5 Å². The number of H-pyrrole nitrogens is 1. The first-order valence-corrected chi connectivity index (χ1v) is 11.5. The molecule has 10 heteroatoms. The van der Waals surface area contributed by atoms with E-state index in [2.05, 4.69) is 20.9 Å². The van der Waals surface area contributed by atoms with E-state index in [1.54, 1.807) is 38.3 Å². The van der Waals surface area contributed by atoms with Crippen molar-refractivity contribution in [2.45, 2.75) is 26.0 Å². The lowest BCUT2D eigenvalue weighted by Crippen LogP contribution is -2.46. The molecule has 2 aromatic carbocycles. The number of rotatable bonds is 10. The SMILES string of the molecule is COCCCN(C(=O)[C@@H](C)Oc1ccc(Br)cc1)c1c(N)n(Cc2ccccc2)c(=O)[nH]c1=O. The molecule has 0 spiro atoms. The van der Waals surface area contributed by atoms with Crippen LogP contribution in [0.3, 0.4) is 0 Å². The van der Waals surface area contributed by atoms with Gasteiger partial charge in [-0.05, 0) is 43.2 Å². The number of nitrogens with zero attached hydrogens (tertiary/aromatic N) is 2. The van der Waals surface area contributed by atoms with Gasteiger partial charge in [0.05, 0.1) is 6.54 Å². The summed E-state index contributed by atoms with van der Waals surface area (Å²) >= 11 is 3.36. The highest BCUT2D eigenvalue weighted by atomic mass is 79.9. The molecule has 1 atom stereocenters. The van der Waals surface area contributed by atoms with Gasteiger partial charge in [-0.1, -0.05) is 46.3 Å². The van der Waals surface area contributed by atoms with Gasteiger partial charge in [0.15, 0.2) is 11.8 Å². The number of anilines is 2. The van der Waals surface area contributed by atoms with Crippen molar-refractivity contribution in [2.75, 3.05) is 30.9 Å². The molecule has 0 radical (unpaired) electrons. The molecule has 1 aromatic heterocycles. The molecule has 0 aliphatic heterocycles. The second-order valence-electron chi connectivity index (χ2n) is 7.62. The van der Waals surface area contributed by atoms with E-state index in [4.69, 9.17) is 15.2 Å². The van der Waals surface area contributed by atoms with Gasteiger partial charge in [-0.25, -0.2) is 4.79 Å². The van der Waals surface area contributed by atoms with Crippen molar-refractivity contribution in [1.29, 1.82) is 0 Å². The molecule has 3 aromatic rings. The number of carbonyl (C=O) groups is 1. The number of nitrogen functional groups attached to an aromatic ring is 1. The molecular weight excluding hydrogens is 504 g/mol. The minimum absolute atomic E-state index is 0.0945. The maximum Gasteiger partial charge on any atom is 0.330 e. The van der Waals surface area contributed by atoms with Crippen LogP contribution in [0.4, 0.5) is 11.5 Å². The van der Waals surface area contributed by atoms with Gasteiger partial charge in [-0.3, -0.25) is 19.1 Å². The minimum atomic E-state index is -0.919. The first kappa shape index (κ1) is 25.3. The second kappa shape index (κ2) is 11.7. The molecule has 180 valence electrons. The highest BCUT2D eigenvalue weighted by Crippen LogP contribution is 2.22. The highest BCUT2D eigenvalue weighted by Gasteiger charge is 2.28. The van der Waals surface area contributed by atoms with E-state index in [1.165, 1.54) is 9.47 Å². The van der Waals surface area contributed by atoms with Gasteiger partial charge in [-0.2, -0.15) is 0 Å². The van der Waals surface area contributed by atoms with E-state index < -0.39 is 23.3 Å². The van der Waals surface area contributed by atoms with Gasteiger partial charge in [-0.15, -0.1) is 0 Å². The summed E-state index contributed by atoms with van der Waals surface area (Å²) in [5.74, 6) is -0.0721.